The van der Waals surface area contributed by atoms with E-state index in [1.807, 2.05) is 18.2 Å². The van der Waals surface area contributed by atoms with Crippen LogP contribution in [0, 0.1) is 11.4 Å². The Hall–Kier alpha value is -2.76. The van der Waals surface area contributed by atoms with Crippen LogP contribution in [0.2, 0.25) is 0 Å². The van der Waals surface area contributed by atoms with Crippen LogP contribution in [0.5, 0.6) is 0 Å². The van der Waals surface area contributed by atoms with Gasteiger partial charge in [0.1, 0.15) is 5.82 Å². The maximum Gasteiger partial charge on any atom is 0.225 e. The zero-order chi connectivity index (χ0) is 18.3. The first-order valence-electron chi connectivity index (χ1n) is 9.57. The van der Waals surface area contributed by atoms with Crippen molar-refractivity contribution < 1.29 is 4.39 Å². The first kappa shape index (κ1) is 16.4. The van der Waals surface area contributed by atoms with E-state index in [4.69, 9.17) is 4.98 Å². The van der Waals surface area contributed by atoms with Gasteiger partial charge in [-0.3, -0.25) is 0 Å². The maximum atomic E-state index is 13.0. The molecule has 3 aromatic rings. The molecule has 0 bridgehead atoms. The second-order valence-corrected chi connectivity index (χ2v) is 7.79. The zero-order valence-electron chi connectivity index (χ0n) is 15.2. The Labute approximate surface area is 157 Å². The molecule has 1 spiro atoms. The average Bonchev–Trinajstić information content (AvgIpc) is 3.16. The van der Waals surface area contributed by atoms with E-state index < -0.39 is 5.95 Å². The van der Waals surface area contributed by atoms with Crippen LogP contribution in [0.4, 0.5) is 16.2 Å². The number of hydrogen-bond donors (Lipinski definition) is 1. The SMILES string of the molecule is Fc1ccc(CNc2nc(N3CC4(CCCC4)C3)c3ccccc3n2)cn1. The Morgan fingerprint density at radius 3 is 2.63 bits per heavy atom. The molecule has 3 heterocycles. The van der Waals surface area contributed by atoms with Crippen molar-refractivity contribution in [1.29, 1.82) is 0 Å². The lowest BCUT2D eigenvalue weighted by molar-refractivity contribution is 0.221. The van der Waals surface area contributed by atoms with Crippen LogP contribution in [0.1, 0.15) is 31.2 Å². The average molecular weight is 363 g/mol. The summed E-state index contributed by atoms with van der Waals surface area (Å²) in [6.07, 6.45) is 6.93. The van der Waals surface area contributed by atoms with E-state index in [0.717, 1.165) is 35.4 Å². The van der Waals surface area contributed by atoms with Crippen LogP contribution in [0.15, 0.2) is 42.6 Å². The quantitative estimate of drug-likeness (QED) is 0.706. The van der Waals surface area contributed by atoms with E-state index in [1.165, 1.54) is 37.9 Å². The molecule has 1 N–H and O–H groups in total. The van der Waals surface area contributed by atoms with Crippen molar-refractivity contribution in [3.63, 3.8) is 0 Å². The summed E-state index contributed by atoms with van der Waals surface area (Å²) in [6, 6.07) is 11.2. The van der Waals surface area contributed by atoms with Gasteiger partial charge in [-0.25, -0.2) is 9.97 Å². The van der Waals surface area contributed by atoms with Gasteiger partial charge >= 0.3 is 0 Å². The number of pyridine rings is 1. The van der Waals surface area contributed by atoms with Crippen molar-refractivity contribution in [1.82, 2.24) is 15.0 Å². The fraction of sp³-hybridized carbons (Fsp3) is 0.381. The highest BCUT2D eigenvalue weighted by molar-refractivity contribution is 5.91. The minimum absolute atomic E-state index is 0.471. The van der Waals surface area contributed by atoms with Gasteiger partial charge in [-0.15, -0.1) is 0 Å². The zero-order valence-corrected chi connectivity index (χ0v) is 15.2. The van der Waals surface area contributed by atoms with Gasteiger partial charge in [0, 0.05) is 36.6 Å². The molecule has 5 rings (SSSR count). The summed E-state index contributed by atoms with van der Waals surface area (Å²) in [5, 5.41) is 4.36. The van der Waals surface area contributed by atoms with Gasteiger partial charge in [0.25, 0.3) is 0 Å². The Bertz CT molecular complexity index is 958. The minimum Gasteiger partial charge on any atom is -0.355 e. The molecule has 27 heavy (non-hydrogen) atoms. The van der Waals surface area contributed by atoms with E-state index in [0.29, 0.717) is 17.9 Å². The van der Waals surface area contributed by atoms with Crippen molar-refractivity contribution in [2.45, 2.75) is 32.2 Å². The third kappa shape index (κ3) is 3.09. The maximum absolute atomic E-state index is 13.0. The summed E-state index contributed by atoms with van der Waals surface area (Å²) >= 11 is 0. The fourth-order valence-electron chi connectivity index (χ4n) is 4.43. The molecular formula is C21H22FN5. The van der Waals surface area contributed by atoms with Gasteiger partial charge in [-0.1, -0.05) is 31.0 Å². The smallest absolute Gasteiger partial charge is 0.225 e. The van der Waals surface area contributed by atoms with Crippen molar-refractivity contribution in [2.24, 2.45) is 5.41 Å². The van der Waals surface area contributed by atoms with E-state index in [-0.39, 0.29) is 0 Å². The molecule has 0 unspecified atom stereocenters. The van der Waals surface area contributed by atoms with Gasteiger partial charge in [-0.05, 0) is 36.6 Å². The van der Waals surface area contributed by atoms with E-state index >= 15 is 0 Å². The number of aromatic nitrogens is 3. The molecule has 138 valence electrons. The van der Waals surface area contributed by atoms with Crippen LogP contribution in [0.25, 0.3) is 10.9 Å². The highest BCUT2D eigenvalue weighted by Crippen LogP contribution is 2.47. The molecule has 1 aliphatic heterocycles. The highest BCUT2D eigenvalue weighted by Gasteiger charge is 2.45. The van der Waals surface area contributed by atoms with E-state index in [2.05, 4.69) is 26.3 Å². The number of benzene rings is 1. The fourth-order valence-corrected chi connectivity index (χ4v) is 4.43. The first-order valence-corrected chi connectivity index (χ1v) is 9.57. The third-order valence-corrected chi connectivity index (χ3v) is 5.84. The summed E-state index contributed by atoms with van der Waals surface area (Å²) in [7, 11) is 0. The third-order valence-electron chi connectivity index (χ3n) is 5.84. The molecular weight excluding hydrogens is 341 g/mol. The monoisotopic (exact) mass is 363 g/mol. The van der Waals surface area contributed by atoms with Crippen LogP contribution in [-0.4, -0.2) is 28.0 Å². The standard InChI is InChI=1S/C21H22FN5/c22-18-8-7-15(11-23-18)12-24-20-25-17-6-2-1-5-16(17)19(26-20)27-13-21(14-27)9-3-4-10-21/h1-2,5-8,11H,3-4,9-10,12-14H2,(H,24,25,26). The number of nitrogens with one attached hydrogen (secondary N) is 1. The number of rotatable bonds is 4. The van der Waals surface area contributed by atoms with Crippen LogP contribution in [0.3, 0.4) is 0 Å². The lowest BCUT2D eigenvalue weighted by Crippen LogP contribution is -2.55. The number of anilines is 2. The minimum atomic E-state index is -0.471. The Balaban J connectivity index is 1.41. The Morgan fingerprint density at radius 2 is 1.85 bits per heavy atom. The van der Waals surface area contributed by atoms with Crippen LogP contribution < -0.4 is 10.2 Å². The van der Waals surface area contributed by atoms with Gasteiger partial charge in [0.2, 0.25) is 11.9 Å². The van der Waals surface area contributed by atoms with Crippen molar-refractivity contribution in [3.05, 3.63) is 54.1 Å². The lowest BCUT2D eigenvalue weighted by atomic mass is 9.78. The number of fused-ring (bicyclic) bond motifs is 1. The molecule has 2 aromatic heterocycles. The summed E-state index contributed by atoms with van der Waals surface area (Å²) in [5.74, 6) is 1.14. The van der Waals surface area contributed by atoms with Crippen molar-refractivity contribution in [2.75, 3.05) is 23.3 Å². The Kier molecular flexibility index (Phi) is 3.92. The van der Waals surface area contributed by atoms with Gasteiger partial charge < -0.3 is 10.2 Å². The second-order valence-electron chi connectivity index (χ2n) is 7.79. The van der Waals surface area contributed by atoms with Crippen molar-refractivity contribution in [3.8, 4) is 0 Å². The molecule has 2 fully saturated rings. The molecule has 0 atom stereocenters. The first-order chi connectivity index (χ1) is 13.2. The van der Waals surface area contributed by atoms with Gasteiger partial charge in [0.05, 0.1) is 5.52 Å². The summed E-state index contributed by atoms with van der Waals surface area (Å²) < 4.78 is 13.0. The van der Waals surface area contributed by atoms with E-state index in [9.17, 15) is 4.39 Å². The van der Waals surface area contributed by atoms with Crippen molar-refractivity contribution >= 4 is 22.7 Å². The van der Waals surface area contributed by atoms with Gasteiger partial charge in [-0.2, -0.15) is 9.37 Å². The van der Waals surface area contributed by atoms with Gasteiger partial charge in [0.15, 0.2) is 0 Å². The predicted molar refractivity (Wildman–Crippen MR) is 104 cm³/mol. The number of hydrogen-bond acceptors (Lipinski definition) is 5. The summed E-state index contributed by atoms with van der Waals surface area (Å²) in [6.45, 7) is 2.69. The molecule has 0 radical (unpaired) electrons. The molecule has 5 nitrogen and oxygen atoms in total. The lowest BCUT2D eigenvalue weighted by Gasteiger charge is -2.49. The number of para-hydroxylation sites is 1. The van der Waals surface area contributed by atoms with Crippen LogP contribution in [-0.2, 0) is 6.54 Å². The Morgan fingerprint density at radius 1 is 1.04 bits per heavy atom. The molecule has 2 aliphatic rings. The normalized spacial score (nSPS) is 18.0. The predicted octanol–water partition coefficient (Wildman–Crippen LogP) is 4.16. The molecule has 6 heteroatoms. The summed E-state index contributed by atoms with van der Waals surface area (Å²) in [4.78, 5) is 15.6. The molecule has 1 aromatic carbocycles. The largest absolute Gasteiger partial charge is 0.355 e. The topological polar surface area (TPSA) is 53.9 Å². The van der Waals surface area contributed by atoms with Crippen LogP contribution >= 0.6 is 0 Å². The summed E-state index contributed by atoms with van der Waals surface area (Å²) in [5.41, 5.74) is 2.34. The molecule has 1 aliphatic carbocycles. The highest BCUT2D eigenvalue weighted by atomic mass is 19.1. The number of nitrogens with zero attached hydrogens (tertiary/aromatic N) is 4. The molecule has 1 saturated carbocycles. The molecule has 0 amide bonds. The molecule has 1 saturated heterocycles. The second kappa shape index (κ2) is 6.44. The number of halogens is 1. The van der Waals surface area contributed by atoms with E-state index in [1.54, 1.807) is 6.07 Å².